The lowest BCUT2D eigenvalue weighted by Crippen LogP contribution is -2.30. The molecule has 2 amide bonds. The first-order valence-electron chi connectivity index (χ1n) is 15.4. The van der Waals surface area contributed by atoms with Gasteiger partial charge in [0.1, 0.15) is 11.5 Å². The fourth-order valence-electron chi connectivity index (χ4n) is 5.44. The van der Waals surface area contributed by atoms with Gasteiger partial charge in [-0.1, -0.05) is 54.3 Å². The van der Waals surface area contributed by atoms with Gasteiger partial charge in [-0.3, -0.25) is 24.0 Å². The largest absolute Gasteiger partial charge is 0.497 e. The number of fused-ring (bicyclic) bond motifs is 1. The number of amides is 2. The Morgan fingerprint density at radius 3 is 1.73 bits per heavy atom. The number of nitrogens with zero attached hydrogens (tertiary/aromatic N) is 1. The highest BCUT2D eigenvalue weighted by molar-refractivity contribution is 6.34. The van der Waals surface area contributed by atoms with Gasteiger partial charge in [0.25, 0.3) is 11.8 Å². The molecule has 8 heteroatoms. The number of anilines is 1. The third kappa shape index (κ3) is 7.37. The molecule has 0 atom stereocenters. The van der Waals surface area contributed by atoms with Crippen molar-refractivity contribution in [2.24, 2.45) is 0 Å². The molecule has 1 aliphatic heterocycles. The molecule has 5 aromatic rings. The van der Waals surface area contributed by atoms with Crippen molar-refractivity contribution >= 4 is 35.0 Å². The summed E-state index contributed by atoms with van der Waals surface area (Å²) in [4.78, 5) is 67.0. The normalized spacial score (nSPS) is 11.8. The maximum Gasteiger partial charge on any atom is 0.308 e. The van der Waals surface area contributed by atoms with Gasteiger partial charge in [-0.2, -0.15) is 0 Å². The van der Waals surface area contributed by atoms with Crippen molar-refractivity contribution in [3.05, 3.63) is 160 Å². The van der Waals surface area contributed by atoms with E-state index in [2.05, 4.69) is 11.8 Å². The van der Waals surface area contributed by atoms with Crippen LogP contribution in [0.1, 0.15) is 70.6 Å². The van der Waals surface area contributed by atoms with Crippen molar-refractivity contribution in [3.63, 3.8) is 0 Å². The number of methoxy groups -OCH3 is 1. The van der Waals surface area contributed by atoms with Gasteiger partial charge in [0.2, 0.25) is 0 Å². The highest BCUT2D eigenvalue weighted by Gasteiger charge is 2.37. The molecule has 5 aromatic carbocycles. The van der Waals surface area contributed by atoms with E-state index >= 15 is 0 Å². The molecule has 0 fully saturated rings. The second kappa shape index (κ2) is 14.0. The predicted molar refractivity (Wildman–Crippen MR) is 183 cm³/mol. The summed E-state index contributed by atoms with van der Waals surface area (Å²) in [7, 11) is 1.55. The van der Waals surface area contributed by atoms with Crippen LogP contribution in [0.4, 0.5) is 5.69 Å². The summed E-state index contributed by atoms with van der Waals surface area (Å²) in [5, 5.41) is 0. The van der Waals surface area contributed by atoms with Gasteiger partial charge in [0.05, 0.1) is 23.9 Å². The molecule has 49 heavy (non-hydrogen) atoms. The number of hydrogen-bond acceptors (Lipinski definition) is 7. The summed E-state index contributed by atoms with van der Waals surface area (Å²) >= 11 is 0. The molecule has 1 aliphatic rings. The smallest absolute Gasteiger partial charge is 0.308 e. The standard InChI is InChI=1S/C41H29NO7/c1-26(43)49-35-17-12-30(13-18-35)22-39(45)32-23-31(38(44)21-29-10-15-34(48-2)16-11-29)24-33(25-32)42-40(46)36-19-14-28(20-37(36)41(42)47)9-8-27-6-4-3-5-7-27/h3-7,10-20,23-25H,21-22H2,1-2H3. The zero-order valence-electron chi connectivity index (χ0n) is 26.7. The Bertz CT molecular complexity index is 2170. The molecular weight excluding hydrogens is 618 g/mol. The molecule has 1 heterocycles. The van der Waals surface area contributed by atoms with Crippen LogP contribution in [0.5, 0.6) is 11.5 Å². The SMILES string of the molecule is COc1ccc(CC(=O)c2cc(C(=O)Cc3ccc(OC(C)=O)cc3)cc(N3C(=O)c4ccc(C#Cc5ccccc5)cc4C3=O)c2)cc1. The van der Waals surface area contributed by atoms with Crippen LogP contribution < -0.4 is 14.4 Å². The van der Waals surface area contributed by atoms with Gasteiger partial charge in [-0.05, 0) is 83.9 Å². The Morgan fingerprint density at radius 1 is 0.612 bits per heavy atom. The maximum absolute atomic E-state index is 13.8. The lowest BCUT2D eigenvalue weighted by Gasteiger charge is -2.17. The van der Waals surface area contributed by atoms with E-state index in [1.807, 2.05) is 30.3 Å². The number of ketones is 2. The van der Waals surface area contributed by atoms with Crippen LogP contribution >= 0.6 is 0 Å². The van der Waals surface area contributed by atoms with Gasteiger partial charge in [0, 0.05) is 42.0 Å². The van der Waals surface area contributed by atoms with E-state index in [0.717, 1.165) is 16.0 Å². The zero-order chi connectivity index (χ0) is 34.5. The molecule has 6 rings (SSSR count). The molecule has 0 N–H and O–H groups in total. The number of hydrogen-bond donors (Lipinski definition) is 0. The lowest BCUT2D eigenvalue weighted by molar-refractivity contribution is -0.131. The summed E-state index contributed by atoms with van der Waals surface area (Å²) in [6, 6.07) is 32.2. The predicted octanol–water partition coefficient (Wildman–Crippen LogP) is 6.67. The Hall–Kier alpha value is -6.59. The topological polar surface area (TPSA) is 107 Å². The Labute approximate surface area is 282 Å². The molecule has 0 aromatic heterocycles. The van der Waals surface area contributed by atoms with Crippen LogP contribution in [0.25, 0.3) is 0 Å². The van der Waals surface area contributed by atoms with Gasteiger partial charge in [-0.15, -0.1) is 0 Å². The van der Waals surface area contributed by atoms with Crippen LogP contribution in [0.3, 0.4) is 0 Å². The van der Waals surface area contributed by atoms with E-state index in [1.165, 1.54) is 25.1 Å². The quantitative estimate of drug-likeness (QED) is 0.0578. The van der Waals surface area contributed by atoms with Crippen molar-refractivity contribution < 1.29 is 33.4 Å². The Kier molecular flexibility index (Phi) is 9.27. The van der Waals surface area contributed by atoms with Crippen molar-refractivity contribution in [3.8, 4) is 23.3 Å². The van der Waals surface area contributed by atoms with Crippen molar-refractivity contribution in [2.75, 3.05) is 12.0 Å². The number of benzene rings is 5. The molecule has 8 nitrogen and oxygen atoms in total. The highest BCUT2D eigenvalue weighted by atomic mass is 16.5. The lowest BCUT2D eigenvalue weighted by atomic mass is 9.96. The van der Waals surface area contributed by atoms with Gasteiger partial charge in [0.15, 0.2) is 11.6 Å². The summed E-state index contributed by atoms with van der Waals surface area (Å²) in [6.45, 7) is 1.30. The minimum Gasteiger partial charge on any atom is -0.497 e. The van der Waals surface area contributed by atoms with Crippen LogP contribution in [-0.4, -0.2) is 36.5 Å². The molecule has 0 bridgehead atoms. The zero-order valence-corrected chi connectivity index (χ0v) is 26.7. The minimum absolute atomic E-state index is 0.0181. The van der Waals surface area contributed by atoms with Gasteiger partial charge in [-0.25, -0.2) is 4.90 Å². The molecule has 0 radical (unpaired) electrons. The fraction of sp³-hybridized carbons (Fsp3) is 0.0976. The maximum atomic E-state index is 13.8. The first kappa shape index (κ1) is 32.4. The summed E-state index contributed by atoms with van der Waals surface area (Å²) in [6.07, 6.45) is -0.0221. The number of rotatable bonds is 9. The summed E-state index contributed by atoms with van der Waals surface area (Å²) in [5.41, 5.74) is 3.55. The van der Waals surface area contributed by atoms with E-state index in [-0.39, 0.29) is 52.3 Å². The number of imide groups is 1. The van der Waals surface area contributed by atoms with E-state index in [0.29, 0.717) is 22.6 Å². The van der Waals surface area contributed by atoms with Crippen LogP contribution in [0.2, 0.25) is 0 Å². The third-order valence-corrected chi connectivity index (χ3v) is 7.90. The third-order valence-electron chi connectivity index (χ3n) is 7.90. The molecular formula is C41H29NO7. The molecule has 0 spiro atoms. The van der Waals surface area contributed by atoms with Crippen LogP contribution in [0.15, 0.2) is 115 Å². The first-order valence-corrected chi connectivity index (χ1v) is 15.4. The summed E-state index contributed by atoms with van der Waals surface area (Å²) in [5.74, 6) is 4.83. The van der Waals surface area contributed by atoms with Crippen molar-refractivity contribution in [1.29, 1.82) is 0 Å². The number of esters is 1. The van der Waals surface area contributed by atoms with Crippen LogP contribution in [0, 0.1) is 11.8 Å². The fourth-order valence-corrected chi connectivity index (χ4v) is 5.44. The second-order valence-electron chi connectivity index (χ2n) is 11.4. The Balaban J connectivity index is 1.33. The average molecular weight is 648 g/mol. The molecule has 0 aliphatic carbocycles. The highest BCUT2D eigenvalue weighted by Crippen LogP contribution is 2.31. The second-order valence-corrected chi connectivity index (χ2v) is 11.4. The van der Waals surface area contributed by atoms with Gasteiger partial charge < -0.3 is 9.47 Å². The average Bonchev–Trinajstić information content (AvgIpc) is 3.36. The number of carbonyl (C=O) groups excluding carboxylic acids is 5. The molecule has 0 saturated heterocycles. The summed E-state index contributed by atoms with van der Waals surface area (Å²) < 4.78 is 10.3. The van der Waals surface area contributed by atoms with Crippen molar-refractivity contribution in [2.45, 2.75) is 19.8 Å². The van der Waals surface area contributed by atoms with Crippen molar-refractivity contribution in [1.82, 2.24) is 0 Å². The van der Waals surface area contributed by atoms with E-state index in [1.54, 1.807) is 73.8 Å². The number of ether oxygens (including phenoxy) is 2. The monoisotopic (exact) mass is 647 g/mol. The molecule has 0 saturated carbocycles. The van der Waals surface area contributed by atoms with Gasteiger partial charge >= 0.3 is 5.97 Å². The molecule has 240 valence electrons. The van der Waals surface area contributed by atoms with Crippen LogP contribution in [-0.2, 0) is 17.6 Å². The van der Waals surface area contributed by atoms with E-state index in [4.69, 9.17) is 9.47 Å². The number of Topliss-reactive ketones (excluding diaryl/α,β-unsaturated/α-hetero) is 2. The number of carbonyl (C=O) groups is 5. The minimum atomic E-state index is -0.581. The van der Waals surface area contributed by atoms with E-state index < -0.39 is 17.8 Å². The Morgan fingerprint density at radius 2 is 1.16 bits per heavy atom. The van der Waals surface area contributed by atoms with E-state index in [9.17, 15) is 24.0 Å². The molecule has 0 unspecified atom stereocenters. The first-order chi connectivity index (χ1) is 23.7.